The van der Waals surface area contributed by atoms with Crippen molar-refractivity contribution in [3.63, 3.8) is 0 Å². The summed E-state index contributed by atoms with van der Waals surface area (Å²) < 4.78 is 0. The molecule has 0 heterocycles. The van der Waals surface area contributed by atoms with Crippen LogP contribution in [0.3, 0.4) is 0 Å². The molecule has 0 bridgehead atoms. The van der Waals surface area contributed by atoms with Crippen LogP contribution in [-0.2, 0) is 0 Å². The predicted molar refractivity (Wildman–Crippen MR) is 120 cm³/mol. The van der Waals surface area contributed by atoms with E-state index in [9.17, 15) is 10.2 Å². The van der Waals surface area contributed by atoms with Crippen LogP contribution in [0.15, 0.2) is 97.1 Å². The van der Waals surface area contributed by atoms with Crippen molar-refractivity contribution < 1.29 is 10.2 Å². The molecule has 0 amide bonds. The number of phenols is 2. The maximum atomic E-state index is 10.0. The van der Waals surface area contributed by atoms with E-state index in [1.807, 2.05) is 72.8 Å². The Bertz CT molecular complexity index is 1190. The number of aromatic hydroxyl groups is 2. The molecule has 0 unspecified atom stereocenters. The van der Waals surface area contributed by atoms with Crippen molar-refractivity contribution in [2.75, 3.05) is 0 Å². The molecule has 0 fully saturated rings. The quantitative estimate of drug-likeness (QED) is 0.420. The zero-order valence-electron chi connectivity index (χ0n) is 16.1. The summed E-state index contributed by atoms with van der Waals surface area (Å²) in [7, 11) is 0. The van der Waals surface area contributed by atoms with Crippen molar-refractivity contribution in [3.05, 3.63) is 119 Å². The van der Waals surface area contributed by atoms with Gasteiger partial charge in [-0.25, -0.2) is 0 Å². The van der Waals surface area contributed by atoms with Gasteiger partial charge in [-0.15, -0.1) is 0 Å². The number of benzene rings is 4. The molecular weight excluding hydrogens is 368 g/mol. The van der Waals surface area contributed by atoms with E-state index in [4.69, 9.17) is 0 Å². The number of hydrogen-bond acceptors (Lipinski definition) is 2. The van der Waals surface area contributed by atoms with Crippen molar-refractivity contribution in [2.24, 2.45) is 0 Å². The largest absolute Gasteiger partial charge is 0.508 e. The van der Waals surface area contributed by atoms with Crippen LogP contribution in [-0.4, -0.2) is 10.2 Å². The zero-order chi connectivity index (χ0) is 20.8. The number of rotatable bonds is 1. The number of phenolic OH excluding ortho intramolecular Hbond substituents is 2. The van der Waals surface area contributed by atoms with E-state index in [1.165, 1.54) is 0 Å². The molecule has 0 aliphatic heterocycles. The Hall–Kier alpha value is -4.40. The van der Waals surface area contributed by atoms with Crippen molar-refractivity contribution in [2.45, 2.75) is 0 Å². The fourth-order valence-corrected chi connectivity index (χ4v) is 3.06. The van der Waals surface area contributed by atoms with Gasteiger partial charge in [0, 0.05) is 22.3 Å². The average Bonchev–Trinajstić information content (AvgIpc) is 2.78. The molecule has 4 aromatic carbocycles. The van der Waals surface area contributed by atoms with Gasteiger partial charge in [-0.05, 0) is 71.8 Å². The van der Waals surface area contributed by atoms with E-state index < -0.39 is 0 Å². The van der Waals surface area contributed by atoms with Crippen LogP contribution in [0.4, 0.5) is 0 Å². The fraction of sp³-hybridized carbons (Fsp3) is 0. The van der Waals surface area contributed by atoms with Crippen LogP contribution in [0.2, 0.25) is 0 Å². The lowest BCUT2D eigenvalue weighted by Crippen LogP contribution is -1.89. The second kappa shape index (κ2) is 8.74. The molecule has 0 saturated heterocycles. The summed E-state index contributed by atoms with van der Waals surface area (Å²) in [5.41, 5.74) is 4.84. The molecular formula is C28H18O2. The molecule has 0 radical (unpaired) electrons. The van der Waals surface area contributed by atoms with E-state index in [0.29, 0.717) is 11.1 Å². The lowest BCUT2D eigenvalue weighted by atomic mass is 9.95. The first-order valence-corrected chi connectivity index (χ1v) is 9.49. The maximum absolute atomic E-state index is 10.0. The summed E-state index contributed by atoms with van der Waals surface area (Å²) in [6, 6.07) is 29.6. The van der Waals surface area contributed by atoms with E-state index in [1.54, 1.807) is 24.3 Å². The first-order valence-electron chi connectivity index (χ1n) is 9.49. The minimum atomic E-state index is 0.145. The zero-order valence-corrected chi connectivity index (χ0v) is 16.1. The standard InChI is InChI=1S/C28H18O2/c29-25-15-17-27(23(19-25)13-11-21-7-3-1-4-8-21)28-18-16-26(30)20-24(28)14-12-22-9-5-2-6-10-22/h1-10,15-20,29-30H. The Labute approximate surface area is 176 Å². The molecule has 2 heteroatoms. The van der Waals surface area contributed by atoms with Gasteiger partial charge in [-0.2, -0.15) is 0 Å². The predicted octanol–water partition coefficient (Wildman–Crippen LogP) is 5.56. The van der Waals surface area contributed by atoms with Crippen LogP contribution in [0.25, 0.3) is 11.1 Å². The van der Waals surface area contributed by atoms with E-state index in [0.717, 1.165) is 22.3 Å². The molecule has 142 valence electrons. The summed E-state index contributed by atoms with van der Waals surface area (Å²) in [5, 5.41) is 20.0. The van der Waals surface area contributed by atoms with Gasteiger partial charge in [-0.1, -0.05) is 60.1 Å². The van der Waals surface area contributed by atoms with Gasteiger partial charge in [0.15, 0.2) is 0 Å². The lowest BCUT2D eigenvalue weighted by Gasteiger charge is -2.09. The second-order valence-corrected chi connectivity index (χ2v) is 6.69. The van der Waals surface area contributed by atoms with Gasteiger partial charge in [-0.3, -0.25) is 0 Å². The van der Waals surface area contributed by atoms with Gasteiger partial charge in [0.2, 0.25) is 0 Å². The fourth-order valence-electron chi connectivity index (χ4n) is 3.06. The summed E-state index contributed by atoms with van der Waals surface area (Å²) in [5.74, 6) is 12.9. The Morgan fingerprint density at radius 2 is 0.833 bits per heavy atom. The number of hydrogen-bond donors (Lipinski definition) is 2. The Morgan fingerprint density at radius 1 is 0.433 bits per heavy atom. The third-order valence-corrected chi connectivity index (χ3v) is 4.53. The van der Waals surface area contributed by atoms with Gasteiger partial charge < -0.3 is 10.2 Å². The SMILES string of the molecule is Oc1ccc(-c2ccc(O)cc2C#Cc2ccccc2)c(C#Cc2ccccc2)c1. The minimum Gasteiger partial charge on any atom is -0.508 e. The van der Waals surface area contributed by atoms with Gasteiger partial charge >= 0.3 is 0 Å². The van der Waals surface area contributed by atoms with Crippen LogP contribution in [0, 0.1) is 23.7 Å². The minimum absolute atomic E-state index is 0.145. The van der Waals surface area contributed by atoms with Crippen LogP contribution >= 0.6 is 0 Å². The lowest BCUT2D eigenvalue weighted by molar-refractivity contribution is 0.474. The van der Waals surface area contributed by atoms with Crippen molar-refractivity contribution in [1.29, 1.82) is 0 Å². The second-order valence-electron chi connectivity index (χ2n) is 6.69. The Morgan fingerprint density at radius 3 is 1.23 bits per heavy atom. The van der Waals surface area contributed by atoms with Crippen LogP contribution in [0.1, 0.15) is 22.3 Å². The van der Waals surface area contributed by atoms with Gasteiger partial charge in [0.05, 0.1) is 0 Å². The van der Waals surface area contributed by atoms with Gasteiger partial charge in [0.1, 0.15) is 11.5 Å². The summed E-state index contributed by atoms with van der Waals surface area (Å²) in [6.45, 7) is 0. The topological polar surface area (TPSA) is 40.5 Å². The normalized spacial score (nSPS) is 9.73. The third kappa shape index (κ3) is 4.53. The smallest absolute Gasteiger partial charge is 0.116 e. The Kier molecular flexibility index (Phi) is 5.52. The van der Waals surface area contributed by atoms with Crippen molar-refractivity contribution in [1.82, 2.24) is 0 Å². The monoisotopic (exact) mass is 386 g/mol. The highest BCUT2D eigenvalue weighted by Gasteiger charge is 2.10. The molecule has 0 spiro atoms. The first-order chi connectivity index (χ1) is 14.7. The highest BCUT2D eigenvalue weighted by Crippen LogP contribution is 2.31. The first kappa shape index (κ1) is 18.9. The molecule has 0 saturated carbocycles. The van der Waals surface area contributed by atoms with Crippen LogP contribution in [0.5, 0.6) is 11.5 Å². The highest BCUT2D eigenvalue weighted by atomic mass is 16.3. The molecule has 0 aliphatic carbocycles. The average molecular weight is 386 g/mol. The summed E-state index contributed by atoms with van der Waals surface area (Å²) in [6.07, 6.45) is 0. The Balaban J connectivity index is 1.82. The molecule has 0 aromatic heterocycles. The molecule has 30 heavy (non-hydrogen) atoms. The molecule has 0 aliphatic rings. The summed E-state index contributed by atoms with van der Waals surface area (Å²) in [4.78, 5) is 0. The van der Waals surface area contributed by atoms with E-state index in [2.05, 4.69) is 23.7 Å². The van der Waals surface area contributed by atoms with Crippen molar-refractivity contribution >= 4 is 0 Å². The van der Waals surface area contributed by atoms with E-state index in [-0.39, 0.29) is 11.5 Å². The molecule has 4 rings (SSSR count). The molecule has 2 N–H and O–H groups in total. The van der Waals surface area contributed by atoms with Gasteiger partial charge in [0.25, 0.3) is 0 Å². The summed E-state index contributed by atoms with van der Waals surface area (Å²) >= 11 is 0. The highest BCUT2D eigenvalue weighted by molar-refractivity contribution is 5.78. The van der Waals surface area contributed by atoms with Crippen LogP contribution < -0.4 is 0 Å². The molecule has 0 atom stereocenters. The molecule has 2 nitrogen and oxygen atoms in total. The third-order valence-electron chi connectivity index (χ3n) is 4.53. The van der Waals surface area contributed by atoms with E-state index >= 15 is 0 Å². The molecule has 4 aromatic rings. The van der Waals surface area contributed by atoms with Crippen molar-refractivity contribution in [3.8, 4) is 46.3 Å². The maximum Gasteiger partial charge on any atom is 0.116 e.